The van der Waals surface area contributed by atoms with E-state index in [9.17, 15) is 4.79 Å². The van der Waals surface area contributed by atoms with Crippen LogP contribution in [0, 0.1) is 0 Å². The third-order valence-corrected chi connectivity index (χ3v) is 2.86. The van der Waals surface area contributed by atoms with E-state index in [-0.39, 0.29) is 5.91 Å². The number of nitrogens with zero attached hydrogens (tertiary/aromatic N) is 1. The summed E-state index contributed by atoms with van der Waals surface area (Å²) >= 11 is 5.97. The summed E-state index contributed by atoms with van der Waals surface area (Å²) in [5.41, 5.74) is 4.12. The largest absolute Gasteiger partial charge is 0.288 e. The average Bonchev–Trinajstić information content (AvgIpc) is 2.40. The lowest BCUT2D eigenvalue weighted by atomic mass is 10.2. The molecule has 0 aliphatic rings. The summed E-state index contributed by atoms with van der Waals surface area (Å²) < 4.78 is 0. The fourth-order valence-electron chi connectivity index (χ4n) is 1.57. The molecule has 0 fully saturated rings. The molecular weight excluding hydrogens is 248 g/mol. The Morgan fingerprint density at radius 2 is 1.67 bits per heavy atom. The lowest BCUT2D eigenvalue weighted by Crippen LogP contribution is -2.39. The molecule has 0 aromatic heterocycles. The van der Waals surface area contributed by atoms with Gasteiger partial charge >= 0.3 is 0 Å². The second kappa shape index (κ2) is 5.56. The van der Waals surface area contributed by atoms with Gasteiger partial charge in [0.25, 0.3) is 5.91 Å². The van der Waals surface area contributed by atoms with E-state index in [2.05, 4.69) is 5.43 Å². The highest BCUT2D eigenvalue weighted by Gasteiger charge is 2.11. The number of carbonyl (C=O) groups is 1. The van der Waals surface area contributed by atoms with Crippen LogP contribution in [0.3, 0.4) is 0 Å². The predicted molar refractivity (Wildman–Crippen MR) is 73.8 cm³/mol. The Morgan fingerprint density at radius 3 is 2.33 bits per heavy atom. The molecule has 2 aromatic carbocycles. The first-order valence-corrected chi connectivity index (χ1v) is 5.90. The molecule has 0 heterocycles. The number of hydrogen-bond donors (Lipinski definition) is 1. The number of amides is 1. The summed E-state index contributed by atoms with van der Waals surface area (Å²) in [4.78, 5) is 12.0. The van der Waals surface area contributed by atoms with Crippen LogP contribution in [0.15, 0.2) is 54.6 Å². The maximum atomic E-state index is 12.0. The van der Waals surface area contributed by atoms with Crippen LogP contribution in [-0.4, -0.2) is 13.0 Å². The molecule has 0 saturated heterocycles. The molecule has 0 spiro atoms. The zero-order valence-electron chi connectivity index (χ0n) is 9.93. The highest BCUT2D eigenvalue weighted by atomic mass is 35.5. The van der Waals surface area contributed by atoms with Gasteiger partial charge in [-0.3, -0.25) is 15.2 Å². The average molecular weight is 261 g/mol. The summed E-state index contributed by atoms with van der Waals surface area (Å²) in [6.45, 7) is 0. The SMILES string of the molecule is CN(NC(=O)c1ccccc1Cl)c1ccccc1. The molecule has 0 saturated carbocycles. The van der Waals surface area contributed by atoms with E-state index in [1.54, 1.807) is 36.3 Å². The first kappa shape index (κ1) is 12.5. The van der Waals surface area contributed by atoms with Gasteiger partial charge in [-0.2, -0.15) is 0 Å². The molecule has 4 heteroatoms. The number of hydrogen-bond acceptors (Lipinski definition) is 2. The van der Waals surface area contributed by atoms with Crippen molar-refractivity contribution in [2.75, 3.05) is 12.1 Å². The van der Waals surface area contributed by atoms with E-state index in [4.69, 9.17) is 11.6 Å². The van der Waals surface area contributed by atoms with Crippen molar-refractivity contribution in [1.29, 1.82) is 0 Å². The lowest BCUT2D eigenvalue weighted by Gasteiger charge is -2.20. The number of benzene rings is 2. The van der Waals surface area contributed by atoms with Crippen LogP contribution < -0.4 is 10.4 Å². The molecule has 1 amide bonds. The van der Waals surface area contributed by atoms with Gasteiger partial charge in [0.15, 0.2) is 0 Å². The van der Waals surface area contributed by atoms with E-state index in [1.807, 2.05) is 30.3 Å². The first-order valence-electron chi connectivity index (χ1n) is 5.53. The molecule has 2 aromatic rings. The second-order valence-corrected chi connectivity index (χ2v) is 4.22. The second-order valence-electron chi connectivity index (χ2n) is 3.82. The maximum absolute atomic E-state index is 12.0. The van der Waals surface area contributed by atoms with Crippen molar-refractivity contribution >= 4 is 23.2 Å². The minimum absolute atomic E-state index is 0.230. The molecule has 0 atom stereocenters. The van der Waals surface area contributed by atoms with Crippen LogP contribution in [0.4, 0.5) is 5.69 Å². The fourth-order valence-corrected chi connectivity index (χ4v) is 1.80. The van der Waals surface area contributed by atoms with E-state index < -0.39 is 0 Å². The zero-order valence-corrected chi connectivity index (χ0v) is 10.7. The van der Waals surface area contributed by atoms with Crippen LogP contribution in [0.25, 0.3) is 0 Å². The summed E-state index contributed by atoms with van der Waals surface area (Å²) in [5, 5.41) is 2.10. The molecule has 0 radical (unpaired) electrons. The predicted octanol–water partition coefficient (Wildman–Crippen LogP) is 3.12. The molecule has 3 nitrogen and oxygen atoms in total. The van der Waals surface area contributed by atoms with E-state index >= 15 is 0 Å². The summed E-state index contributed by atoms with van der Waals surface area (Å²) in [7, 11) is 1.78. The fraction of sp³-hybridized carbons (Fsp3) is 0.0714. The van der Waals surface area contributed by atoms with Gasteiger partial charge in [0, 0.05) is 7.05 Å². The number of rotatable bonds is 3. The maximum Gasteiger partial charge on any atom is 0.271 e. The quantitative estimate of drug-likeness (QED) is 0.860. The molecular formula is C14H13ClN2O. The Bertz CT molecular complexity index is 543. The molecule has 92 valence electrons. The number of anilines is 1. The van der Waals surface area contributed by atoms with Crippen LogP contribution in [-0.2, 0) is 0 Å². The van der Waals surface area contributed by atoms with E-state index in [0.29, 0.717) is 10.6 Å². The minimum Gasteiger partial charge on any atom is -0.288 e. The highest BCUT2D eigenvalue weighted by molar-refractivity contribution is 6.33. The Balaban J connectivity index is 2.11. The van der Waals surface area contributed by atoms with Gasteiger partial charge in [-0.05, 0) is 24.3 Å². The monoisotopic (exact) mass is 260 g/mol. The molecule has 2 rings (SSSR count). The van der Waals surface area contributed by atoms with Gasteiger partial charge in [-0.15, -0.1) is 0 Å². The van der Waals surface area contributed by atoms with Crippen LogP contribution in [0.5, 0.6) is 0 Å². The summed E-state index contributed by atoms with van der Waals surface area (Å²) in [5.74, 6) is -0.230. The summed E-state index contributed by atoms with van der Waals surface area (Å²) in [6, 6.07) is 16.5. The minimum atomic E-state index is -0.230. The van der Waals surface area contributed by atoms with Crippen LogP contribution >= 0.6 is 11.6 Å². The lowest BCUT2D eigenvalue weighted by molar-refractivity contribution is 0.0951. The Hall–Kier alpha value is -2.00. The molecule has 0 aliphatic carbocycles. The van der Waals surface area contributed by atoms with Gasteiger partial charge in [0.2, 0.25) is 0 Å². The number of carbonyl (C=O) groups excluding carboxylic acids is 1. The Morgan fingerprint density at radius 1 is 1.06 bits per heavy atom. The number of hydrazine groups is 1. The molecule has 0 unspecified atom stereocenters. The number of nitrogens with one attached hydrogen (secondary N) is 1. The number of halogens is 1. The van der Waals surface area contributed by atoms with Crippen molar-refractivity contribution < 1.29 is 4.79 Å². The van der Waals surface area contributed by atoms with Crippen molar-refractivity contribution in [3.63, 3.8) is 0 Å². The molecule has 1 N–H and O–H groups in total. The Labute approximate surface area is 111 Å². The number of para-hydroxylation sites is 1. The standard InChI is InChI=1S/C14H13ClN2O/c1-17(11-7-3-2-4-8-11)16-14(18)12-9-5-6-10-13(12)15/h2-10H,1H3,(H,16,18). The first-order chi connectivity index (χ1) is 8.68. The third-order valence-electron chi connectivity index (χ3n) is 2.53. The van der Waals surface area contributed by atoms with Crippen molar-refractivity contribution in [1.82, 2.24) is 5.43 Å². The van der Waals surface area contributed by atoms with Gasteiger partial charge in [-0.1, -0.05) is 41.9 Å². The molecule has 0 bridgehead atoms. The normalized spacial score (nSPS) is 9.89. The van der Waals surface area contributed by atoms with Gasteiger partial charge in [0.05, 0.1) is 16.3 Å². The van der Waals surface area contributed by atoms with Gasteiger partial charge < -0.3 is 0 Å². The van der Waals surface area contributed by atoms with Gasteiger partial charge in [0.1, 0.15) is 0 Å². The van der Waals surface area contributed by atoms with E-state index in [0.717, 1.165) is 5.69 Å². The summed E-state index contributed by atoms with van der Waals surface area (Å²) in [6.07, 6.45) is 0. The van der Waals surface area contributed by atoms with Gasteiger partial charge in [-0.25, -0.2) is 0 Å². The molecule has 0 aliphatic heterocycles. The smallest absolute Gasteiger partial charge is 0.271 e. The Kier molecular flexibility index (Phi) is 3.85. The van der Waals surface area contributed by atoms with Crippen molar-refractivity contribution in [3.8, 4) is 0 Å². The topological polar surface area (TPSA) is 32.3 Å². The van der Waals surface area contributed by atoms with Crippen molar-refractivity contribution in [3.05, 3.63) is 65.2 Å². The van der Waals surface area contributed by atoms with Crippen LogP contribution in [0.1, 0.15) is 10.4 Å². The van der Waals surface area contributed by atoms with E-state index in [1.165, 1.54) is 0 Å². The van der Waals surface area contributed by atoms with Crippen molar-refractivity contribution in [2.24, 2.45) is 0 Å². The molecule has 18 heavy (non-hydrogen) atoms. The van der Waals surface area contributed by atoms with Crippen LogP contribution in [0.2, 0.25) is 5.02 Å². The highest BCUT2D eigenvalue weighted by Crippen LogP contribution is 2.15. The zero-order chi connectivity index (χ0) is 13.0. The third kappa shape index (κ3) is 2.81. The van der Waals surface area contributed by atoms with Crippen molar-refractivity contribution in [2.45, 2.75) is 0 Å².